The molecule has 0 amide bonds. The van der Waals surface area contributed by atoms with Gasteiger partial charge in [0.15, 0.2) is 5.78 Å². The minimum Gasteiger partial charge on any atom is -0.461 e. The zero-order chi connectivity index (χ0) is 13.9. The SMILES string of the molecule is CC1=CC(=O)C2=C(C)[C@@H](O)C[C@@H]3[C@H](OC(=O)[C@H]3C)[C@@H]12. The molecule has 1 N–H and O–H groups in total. The zero-order valence-corrected chi connectivity index (χ0v) is 11.3. The lowest BCUT2D eigenvalue weighted by Crippen LogP contribution is -2.28. The maximum Gasteiger partial charge on any atom is 0.309 e. The quantitative estimate of drug-likeness (QED) is 0.670. The summed E-state index contributed by atoms with van der Waals surface area (Å²) in [5.74, 6) is -0.656. The van der Waals surface area contributed by atoms with Gasteiger partial charge in [0, 0.05) is 17.4 Å². The average Bonchev–Trinajstić information content (AvgIpc) is 2.74. The van der Waals surface area contributed by atoms with Crippen molar-refractivity contribution in [1.82, 2.24) is 0 Å². The van der Waals surface area contributed by atoms with Crippen LogP contribution in [0.25, 0.3) is 0 Å². The first-order valence-electron chi connectivity index (χ1n) is 6.73. The van der Waals surface area contributed by atoms with Crippen molar-refractivity contribution in [2.75, 3.05) is 0 Å². The summed E-state index contributed by atoms with van der Waals surface area (Å²) >= 11 is 0. The molecule has 5 atom stereocenters. The molecule has 1 fully saturated rings. The number of esters is 1. The first kappa shape index (κ1) is 12.6. The van der Waals surface area contributed by atoms with Crippen molar-refractivity contribution in [2.45, 2.75) is 39.4 Å². The van der Waals surface area contributed by atoms with Crippen molar-refractivity contribution in [3.8, 4) is 0 Å². The minimum atomic E-state index is -0.660. The lowest BCUT2D eigenvalue weighted by atomic mass is 9.81. The van der Waals surface area contributed by atoms with E-state index in [9.17, 15) is 14.7 Å². The van der Waals surface area contributed by atoms with Crippen LogP contribution >= 0.6 is 0 Å². The van der Waals surface area contributed by atoms with Crippen molar-refractivity contribution in [1.29, 1.82) is 0 Å². The predicted octanol–water partition coefficient (Wildman–Crippen LogP) is 1.39. The fraction of sp³-hybridized carbons (Fsp3) is 0.600. The first-order chi connectivity index (χ1) is 8.91. The molecule has 2 aliphatic carbocycles. The van der Waals surface area contributed by atoms with Gasteiger partial charge in [-0.3, -0.25) is 9.59 Å². The summed E-state index contributed by atoms with van der Waals surface area (Å²) in [5.41, 5.74) is 2.31. The predicted molar refractivity (Wildman–Crippen MR) is 68.1 cm³/mol. The molecule has 0 bridgehead atoms. The molecule has 0 unspecified atom stereocenters. The van der Waals surface area contributed by atoms with Gasteiger partial charge >= 0.3 is 5.97 Å². The Balaban J connectivity index is 2.11. The topological polar surface area (TPSA) is 63.6 Å². The number of allylic oxidation sites excluding steroid dienone is 1. The van der Waals surface area contributed by atoms with E-state index in [-0.39, 0.29) is 35.6 Å². The van der Waals surface area contributed by atoms with Gasteiger partial charge in [-0.1, -0.05) is 12.5 Å². The van der Waals surface area contributed by atoms with Crippen LogP contribution in [0.2, 0.25) is 0 Å². The van der Waals surface area contributed by atoms with Crippen molar-refractivity contribution in [3.05, 3.63) is 22.8 Å². The Bertz CT molecular complexity index is 528. The third kappa shape index (κ3) is 1.62. The Labute approximate surface area is 112 Å². The van der Waals surface area contributed by atoms with Crippen LogP contribution in [0.5, 0.6) is 0 Å². The van der Waals surface area contributed by atoms with Gasteiger partial charge in [0.05, 0.1) is 12.0 Å². The fourth-order valence-electron chi connectivity index (χ4n) is 3.67. The van der Waals surface area contributed by atoms with E-state index in [2.05, 4.69) is 0 Å². The lowest BCUT2D eigenvalue weighted by molar-refractivity contribution is -0.144. The third-order valence-electron chi connectivity index (χ3n) is 4.86. The van der Waals surface area contributed by atoms with Gasteiger partial charge in [-0.15, -0.1) is 0 Å². The standard InChI is InChI=1S/C15H18O4/c1-6-4-11(17)13-8(3)10(16)5-9-7(2)15(18)19-14(9)12(6)13/h4,7,9-10,12,14,16H,5H2,1-3H3/t7-,9-,10-,12-,14-/m0/s1. The highest BCUT2D eigenvalue weighted by atomic mass is 16.6. The fourth-order valence-corrected chi connectivity index (χ4v) is 3.67. The Kier molecular flexibility index (Phi) is 2.68. The van der Waals surface area contributed by atoms with Crippen molar-refractivity contribution >= 4 is 11.8 Å². The normalized spacial score (nSPS) is 41.7. The number of ether oxygens (including phenoxy) is 1. The monoisotopic (exact) mass is 262 g/mol. The summed E-state index contributed by atoms with van der Waals surface area (Å²) in [6.45, 7) is 5.55. The highest BCUT2D eigenvalue weighted by Crippen LogP contribution is 2.47. The number of carbonyl (C=O) groups is 2. The summed E-state index contributed by atoms with van der Waals surface area (Å²) in [5, 5.41) is 10.3. The molecule has 3 aliphatic rings. The molecule has 0 saturated carbocycles. The maximum absolute atomic E-state index is 12.1. The molecule has 0 spiro atoms. The Hall–Kier alpha value is -1.42. The maximum atomic E-state index is 12.1. The van der Waals surface area contributed by atoms with E-state index in [1.807, 2.05) is 20.8 Å². The van der Waals surface area contributed by atoms with Gasteiger partial charge in [-0.05, 0) is 31.9 Å². The molecular weight excluding hydrogens is 244 g/mol. The Morgan fingerprint density at radius 2 is 2.00 bits per heavy atom. The smallest absolute Gasteiger partial charge is 0.309 e. The molecule has 0 radical (unpaired) electrons. The molecular formula is C15H18O4. The number of ketones is 1. The largest absolute Gasteiger partial charge is 0.461 e. The molecule has 3 rings (SSSR count). The Morgan fingerprint density at radius 3 is 2.68 bits per heavy atom. The minimum absolute atomic E-state index is 0.0193. The second-order valence-corrected chi connectivity index (χ2v) is 5.93. The second-order valence-electron chi connectivity index (χ2n) is 5.93. The van der Waals surface area contributed by atoms with Crippen LogP contribution in [0, 0.1) is 17.8 Å². The number of rotatable bonds is 0. The number of aliphatic hydroxyl groups is 1. The zero-order valence-electron chi connectivity index (χ0n) is 11.3. The summed E-state index contributed by atoms with van der Waals surface area (Å²) in [6, 6.07) is 0. The van der Waals surface area contributed by atoms with Crippen LogP contribution < -0.4 is 0 Å². The first-order valence-corrected chi connectivity index (χ1v) is 6.73. The summed E-state index contributed by atoms with van der Waals surface area (Å²) in [6.07, 6.45) is 1.14. The van der Waals surface area contributed by atoms with Gasteiger partial charge in [0.2, 0.25) is 0 Å². The number of hydrogen-bond acceptors (Lipinski definition) is 4. The molecule has 1 saturated heterocycles. The van der Waals surface area contributed by atoms with E-state index in [0.717, 1.165) is 11.1 Å². The summed E-state index contributed by atoms with van der Waals surface area (Å²) in [7, 11) is 0. The van der Waals surface area contributed by atoms with Crippen molar-refractivity contribution in [2.24, 2.45) is 17.8 Å². The number of fused-ring (bicyclic) bond motifs is 3. The van der Waals surface area contributed by atoms with E-state index in [1.54, 1.807) is 6.08 Å². The summed E-state index contributed by atoms with van der Waals surface area (Å²) in [4.78, 5) is 23.9. The van der Waals surface area contributed by atoms with E-state index < -0.39 is 6.10 Å². The average molecular weight is 262 g/mol. The van der Waals surface area contributed by atoms with Crippen LogP contribution in [-0.4, -0.2) is 29.1 Å². The van der Waals surface area contributed by atoms with Gasteiger partial charge in [-0.2, -0.15) is 0 Å². The van der Waals surface area contributed by atoms with E-state index in [1.165, 1.54) is 0 Å². The Morgan fingerprint density at radius 1 is 1.32 bits per heavy atom. The van der Waals surface area contributed by atoms with Crippen molar-refractivity contribution < 1.29 is 19.4 Å². The molecule has 0 aromatic carbocycles. The number of hydrogen-bond donors (Lipinski definition) is 1. The van der Waals surface area contributed by atoms with Crippen LogP contribution in [0.1, 0.15) is 27.2 Å². The number of aliphatic hydroxyl groups excluding tert-OH is 1. The molecule has 102 valence electrons. The van der Waals surface area contributed by atoms with Crippen molar-refractivity contribution in [3.63, 3.8) is 0 Å². The van der Waals surface area contributed by atoms with E-state index in [0.29, 0.717) is 12.0 Å². The van der Waals surface area contributed by atoms with Gasteiger partial charge < -0.3 is 9.84 Å². The molecule has 4 nitrogen and oxygen atoms in total. The van der Waals surface area contributed by atoms with Crippen LogP contribution in [0.3, 0.4) is 0 Å². The highest BCUT2D eigenvalue weighted by molar-refractivity contribution is 6.09. The lowest BCUT2D eigenvalue weighted by Gasteiger charge is -2.24. The van der Waals surface area contributed by atoms with E-state index in [4.69, 9.17) is 4.74 Å². The molecule has 1 heterocycles. The van der Waals surface area contributed by atoms with E-state index >= 15 is 0 Å². The molecule has 19 heavy (non-hydrogen) atoms. The molecule has 0 aromatic rings. The third-order valence-corrected chi connectivity index (χ3v) is 4.86. The van der Waals surface area contributed by atoms with Crippen LogP contribution in [0.4, 0.5) is 0 Å². The molecule has 4 heteroatoms. The van der Waals surface area contributed by atoms with Gasteiger partial charge in [-0.25, -0.2) is 0 Å². The van der Waals surface area contributed by atoms with Gasteiger partial charge in [0.25, 0.3) is 0 Å². The number of carbonyl (C=O) groups excluding carboxylic acids is 2. The van der Waals surface area contributed by atoms with Crippen LogP contribution in [0.15, 0.2) is 22.8 Å². The second kappa shape index (κ2) is 4.04. The molecule has 0 aromatic heterocycles. The molecule has 1 aliphatic heterocycles. The van der Waals surface area contributed by atoms with Gasteiger partial charge in [0.1, 0.15) is 6.10 Å². The highest BCUT2D eigenvalue weighted by Gasteiger charge is 2.52. The van der Waals surface area contributed by atoms with Crippen LogP contribution in [-0.2, 0) is 14.3 Å². The summed E-state index contributed by atoms with van der Waals surface area (Å²) < 4.78 is 5.51.